The Morgan fingerprint density at radius 2 is 1.63 bits per heavy atom. The molecule has 0 saturated carbocycles. The Balaban J connectivity index is 2.53. The van der Waals surface area contributed by atoms with Crippen LogP contribution in [0.2, 0.25) is 0 Å². The molecule has 0 atom stereocenters. The Kier molecular flexibility index (Phi) is 4.21. The Morgan fingerprint density at radius 3 is 2.21 bits per heavy atom. The van der Waals surface area contributed by atoms with E-state index < -0.39 is 0 Å². The molecule has 0 aromatic heterocycles. The van der Waals surface area contributed by atoms with Gasteiger partial charge in [-0.1, -0.05) is 31.9 Å². The first-order valence-electron chi connectivity index (χ1n) is 5.66. The summed E-state index contributed by atoms with van der Waals surface area (Å²) in [5.74, 6) is -0.385. The number of carbonyl (C=O) groups excluding carboxylic acids is 1. The van der Waals surface area contributed by atoms with Crippen molar-refractivity contribution in [3.8, 4) is 0 Å². The first-order valence-corrected chi connectivity index (χ1v) is 7.25. The summed E-state index contributed by atoms with van der Waals surface area (Å²) < 4.78 is 15.1. The second-order valence-corrected chi connectivity index (χ2v) is 6.15. The Morgan fingerprint density at radius 1 is 1.05 bits per heavy atom. The number of ketones is 1. The number of benzene rings is 2. The van der Waals surface area contributed by atoms with Gasteiger partial charge in [0.25, 0.3) is 0 Å². The van der Waals surface area contributed by atoms with Crippen LogP contribution in [0.4, 0.5) is 4.39 Å². The lowest BCUT2D eigenvalue weighted by Crippen LogP contribution is -2.04. The molecule has 0 bridgehead atoms. The van der Waals surface area contributed by atoms with Gasteiger partial charge >= 0.3 is 0 Å². The normalized spacial score (nSPS) is 10.6. The van der Waals surface area contributed by atoms with E-state index in [0.29, 0.717) is 22.3 Å². The van der Waals surface area contributed by atoms with Crippen molar-refractivity contribution < 1.29 is 9.18 Å². The second-order valence-electron chi connectivity index (χ2n) is 4.38. The van der Waals surface area contributed by atoms with Crippen LogP contribution in [0.5, 0.6) is 0 Å². The summed E-state index contributed by atoms with van der Waals surface area (Å²) in [7, 11) is 0. The molecule has 0 saturated heterocycles. The van der Waals surface area contributed by atoms with Crippen LogP contribution in [-0.2, 0) is 0 Å². The topological polar surface area (TPSA) is 17.1 Å². The fraction of sp³-hybridized carbons (Fsp3) is 0.133. The van der Waals surface area contributed by atoms with Crippen molar-refractivity contribution in [3.63, 3.8) is 0 Å². The van der Waals surface area contributed by atoms with Gasteiger partial charge in [0, 0.05) is 20.1 Å². The van der Waals surface area contributed by atoms with Crippen molar-refractivity contribution in [3.05, 3.63) is 67.3 Å². The summed E-state index contributed by atoms with van der Waals surface area (Å²) in [5, 5.41) is 0. The molecular formula is C15H11Br2FO. The van der Waals surface area contributed by atoms with Crippen LogP contribution in [0.1, 0.15) is 27.0 Å². The average Bonchev–Trinajstić information content (AvgIpc) is 2.37. The van der Waals surface area contributed by atoms with E-state index in [4.69, 9.17) is 0 Å². The predicted octanol–water partition coefficient (Wildman–Crippen LogP) is 5.20. The van der Waals surface area contributed by atoms with Crippen LogP contribution < -0.4 is 0 Å². The van der Waals surface area contributed by atoms with Gasteiger partial charge in [0.05, 0.1) is 0 Å². The highest BCUT2D eigenvalue weighted by molar-refractivity contribution is 9.11. The molecule has 2 aromatic carbocycles. The van der Waals surface area contributed by atoms with Crippen molar-refractivity contribution in [2.75, 3.05) is 0 Å². The Bertz CT molecular complexity index is 642. The zero-order chi connectivity index (χ0) is 14.2. The van der Waals surface area contributed by atoms with E-state index in [1.165, 1.54) is 0 Å². The van der Waals surface area contributed by atoms with Gasteiger partial charge in [-0.3, -0.25) is 4.79 Å². The minimum absolute atomic E-state index is 0.126. The third-order valence-electron chi connectivity index (χ3n) is 2.87. The van der Waals surface area contributed by atoms with Crippen molar-refractivity contribution >= 4 is 37.6 Å². The molecule has 0 aliphatic rings. The minimum atomic E-state index is -0.259. The summed E-state index contributed by atoms with van der Waals surface area (Å²) in [5.41, 5.74) is 2.01. The van der Waals surface area contributed by atoms with Gasteiger partial charge in [0.1, 0.15) is 5.82 Å². The fourth-order valence-corrected chi connectivity index (χ4v) is 2.69. The summed E-state index contributed by atoms with van der Waals surface area (Å²) in [4.78, 5) is 12.5. The molecule has 0 aliphatic heterocycles. The van der Waals surface area contributed by atoms with E-state index in [9.17, 15) is 9.18 Å². The summed E-state index contributed by atoms with van der Waals surface area (Å²) in [6, 6.07) is 8.57. The highest BCUT2D eigenvalue weighted by Crippen LogP contribution is 2.25. The molecule has 2 aromatic rings. The van der Waals surface area contributed by atoms with Crippen LogP contribution in [-0.4, -0.2) is 5.78 Å². The van der Waals surface area contributed by atoms with E-state index in [2.05, 4.69) is 31.9 Å². The zero-order valence-electron chi connectivity index (χ0n) is 10.4. The van der Waals surface area contributed by atoms with E-state index in [0.717, 1.165) is 8.95 Å². The van der Waals surface area contributed by atoms with Gasteiger partial charge in [-0.25, -0.2) is 4.39 Å². The number of aryl methyl sites for hydroxylation is 2. The lowest BCUT2D eigenvalue weighted by molar-refractivity contribution is 0.103. The van der Waals surface area contributed by atoms with Gasteiger partial charge in [-0.15, -0.1) is 0 Å². The molecule has 0 radical (unpaired) electrons. The molecule has 19 heavy (non-hydrogen) atoms. The number of carbonyl (C=O) groups is 1. The Labute approximate surface area is 128 Å². The number of hydrogen-bond acceptors (Lipinski definition) is 1. The molecule has 0 spiro atoms. The molecule has 0 N–H and O–H groups in total. The molecule has 0 heterocycles. The molecule has 0 amide bonds. The molecule has 98 valence electrons. The predicted molar refractivity (Wildman–Crippen MR) is 81.1 cm³/mol. The highest BCUT2D eigenvalue weighted by Gasteiger charge is 2.15. The summed E-state index contributed by atoms with van der Waals surface area (Å²) >= 11 is 6.71. The first kappa shape index (κ1) is 14.4. The highest BCUT2D eigenvalue weighted by atomic mass is 79.9. The smallest absolute Gasteiger partial charge is 0.194 e. The van der Waals surface area contributed by atoms with E-state index >= 15 is 0 Å². The lowest BCUT2D eigenvalue weighted by atomic mass is 9.99. The average molecular weight is 386 g/mol. The van der Waals surface area contributed by atoms with Crippen LogP contribution in [0.3, 0.4) is 0 Å². The molecule has 2 rings (SSSR count). The fourth-order valence-electron chi connectivity index (χ4n) is 1.90. The molecular weight excluding hydrogens is 375 g/mol. The molecule has 4 heteroatoms. The van der Waals surface area contributed by atoms with Crippen molar-refractivity contribution in [1.29, 1.82) is 0 Å². The maximum Gasteiger partial charge on any atom is 0.194 e. The largest absolute Gasteiger partial charge is 0.289 e. The summed E-state index contributed by atoms with van der Waals surface area (Å²) in [6.07, 6.45) is 0. The quantitative estimate of drug-likeness (QED) is 0.649. The van der Waals surface area contributed by atoms with Crippen LogP contribution in [0, 0.1) is 19.7 Å². The van der Waals surface area contributed by atoms with Crippen LogP contribution in [0.15, 0.2) is 39.3 Å². The van der Waals surface area contributed by atoms with Gasteiger partial charge in [-0.05, 0) is 55.3 Å². The molecule has 0 unspecified atom stereocenters. The molecule has 1 nitrogen and oxygen atoms in total. The standard InChI is InChI=1S/C15H11Br2FO/c1-8-5-10(6-9(2)14(8)18)15(19)12-7-11(16)3-4-13(12)17/h3-7H,1-2H3. The minimum Gasteiger partial charge on any atom is -0.289 e. The van der Waals surface area contributed by atoms with Crippen molar-refractivity contribution in [1.82, 2.24) is 0 Å². The van der Waals surface area contributed by atoms with E-state index in [1.54, 1.807) is 38.1 Å². The van der Waals surface area contributed by atoms with Gasteiger partial charge < -0.3 is 0 Å². The van der Waals surface area contributed by atoms with E-state index in [-0.39, 0.29) is 11.6 Å². The number of hydrogen-bond donors (Lipinski definition) is 0. The monoisotopic (exact) mass is 384 g/mol. The number of halogens is 3. The van der Waals surface area contributed by atoms with Crippen LogP contribution >= 0.6 is 31.9 Å². The Hall–Kier alpha value is -1.00. The van der Waals surface area contributed by atoms with E-state index in [1.807, 2.05) is 6.07 Å². The lowest BCUT2D eigenvalue weighted by Gasteiger charge is -2.08. The van der Waals surface area contributed by atoms with Crippen LogP contribution in [0.25, 0.3) is 0 Å². The third-order valence-corrected chi connectivity index (χ3v) is 4.06. The van der Waals surface area contributed by atoms with Gasteiger partial charge in [0.2, 0.25) is 0 Å². The van der Waals surface area contributed by atoms with Crippen molar-refractivity contribution in [2.45, 2.75) is 13.8 Å². The SMILES string of the molecule is Cc1cc(C(=O)c2cc(Br)ccc2Br)cc(C)c1F. The summed E-state index contributed by atoms with van der Waals surface area (Å²) in [6.45, 7) is 3.32. The molecule has 0 aliphatic carbocycles. The van der Waals surface area contributed by atoms with Gasteiger partial charge in [-0.2, -0.15) is 0 Å². The zero-order valence-corrected chi connectivity index (χ0v) is 13.6. The third kappa shape index (κ3) is 2.95. The maximum atomic E-state index is 13.6. The maximum absolute atomic E-state index is 13.6. The number of rotatable bonds is 2. The van der Waals surface area contributed by atoms with Gasteiger partial charge in [0.15, 0.2) is 5.78 Å². The van der Waals surface area contributed by atoms with Crippen molar-refractivity contribution in [2.24, 2.45) is 0 Å². The first-order chi connectivity index (χ1) is 8.90. The molecule has 0 fully saturated rings. The second kappa shape index (κ2) is 5.55.